The van der Waals surface area contributed by atoms with Gasteiger partial charge in [-0.1, -0.05) is 0 Å². The maximum Gasteiger partial charge on any atom is 0.234 e. The van der Waals surface area contributed by atoms with Crippen molar-refractivity contribution < 1.29 is 13.2 Å². The van der Waals surface area contributed by atoms with Crippen LogP contribution in [0.4, 0.5) is 0 Å². The maximum absolute atomic E-state index is 12.0. The highest BCUT2D eigenvalue weighted by Gasteiger charge is 2.37. The molecule has 8 heteroatoms. The van der Waals surface area contributed by atoms with Crippen LogP contribution >= 0.6 is 11.6 Å². The van der Waals surface area contributed by atoms with Crippen molar-refractivity contribution >= 4 is 27.3 Å². The molecule has 0 aliphatic carbocycles. The Kier molecular flexibility index (Phi) is 5.88. The Morgan fingerprint density at radius 2 is 2.19 bits per heavy atom. The Morgan fingerprint density at radius 1 is 1.43 bits per heavy atom. The molecule has 3 unspecified atom stereocenters. The molecule has 2 aliphatic heterocycles. The first-order chi connectivity index (χ1) is 9.85. The molecule has 2 heterocycles. The van der Waals surface area contributed by atoms with E-state index in [0.717, 1.165) is 19.6 Å². The van der Waals surface area contributed by atoms with Crippen molar-refractivity contribution in [1.29, 1.82) is 0 Å². The van der Waals surface area contributed by atoms with Crippen LogP contribution in [0.1, 0.15) is 12.8 Å². The molecule has 2 N–H and O–H groups in total. The molecule has 0 spiro atoms. The van der Waals surface area contributed by atoms with E-state index in [1.54, 1.807) is 0 Å². The van der Waals surface area contributed by atoms with Crippen molar-refractivity contribution in [1.82, 2.24) is 15.5 Å². The van der Waals surface area contributed by atoms with Crippen molar-refractivity contribution in [3.8, 4) is 0 Å². The minimum atomic E-state index is -3.11. The van der Waals surface area contributed by atoms with Gasteiger partial charge in [0.25, 0.3) is 0 Å². The summed E-state index contributed by atoms with van der Waals surface area (Å²) in [4.78, 5) is 14.0. The SMILES string of the molecule is CN(CC(=O)NC1CS(=O)(=O)CC1Cl)CC1CCCNC1. The second kappa shape index (κ2) is 7.26. The van der Waals surface area contributed by atoms with E-state index in [0.29, 0.717) is 5.92 Å². The van der Waals surface area contributed by atoms with E-state index in [2.05, 4.69) is 10.6 Å². The molecule has 0 bridgehead atoms. The molecule has 2 fully saturated rings. The lowest BCUT2D eigenvalue weighted by molar-refractivity contribution is -0.122. The number of alkyl halides is 1. The monoisotopic (exact) mass is 337 g/mol. The number of sulfone groups is 1. The number of likely N-dealkylation sites (N-methyl/N-ethyl adjacent to an activating group) is 1. The minimum absolute atomic E-state index is 0.0524. The van der Waals surface area contributed by atoms with Crippen LogP contribution in [0.5, 0.6) is 0 Å². The number of carbonyl (C=O) groups is 1. The van der Waals surface area contributed by atoms with E-state index >= 15 is 0 Å². The Labute approximate surface area is 131 Å². The highest BCUT2D eigenvalue weighted by Crippen LogP contribution is 2.18. The van der Waals surface area contributed by atoms with E-state index in [4.69, 9.17) is 11.6 Å². The fourth-order valence-electron chi connectivity index (χ4n) is 3.02. The second-order valence-electron chi connectivity index (χ2n) is 6.18. The summed E-state index contributed by atoms with van der Waals surface area (Å²) < 4.78 is 22.9. The third-order valence-corrected chi connectivity index (χ3v) is 6.39. The molecule has 6 nitrogen and oxygen atoms in total. The zero-order valence-electron chi connectivity index (χ0n) is 12.3. The first kappa shape index (κ1) is 17.0. The van der Waals surface area contributed by atoms with Gasteiger partial charge >= 0.3 is 0 Å². The van der Waals surface area contributed by atoms with Crippen molar-refractivity contribution in [2.24, 2.45) is 5.92 Å². The van der Waals surface area contributed by atoms with Gasteiger partial charge in [0.05, 0.1) is 29.5 Å². The molecular weight excluding hydrogens is 314 g/mol. The zero-order valence-corrected chi connectivity index (χ0v) is 13.9. The third kappa shape index (κ3) is 5.39. The summed E-state index contributed by atoms with van der Waals surface area (Å²) in [6.45, 7) is 3.22. The van der Waals surface area contributed by atoms with Gasteiger partial charge in [0.1, 0.15) is 0 Å². The molecule has 3 atom stereocenters. The lowest BCUT2D eigenvalue weighted by Crippen LogP contribution is -2.46. The summed E-state index contributed by atoms with van der Waals surface area (Å²) >= 11 is 5.98. The van der Waals surface area contributed by atoms with E-state index in [1.165, 1.54) is 12.8 Å². The molecule has 2 rings (SSSR count). The quantitative estimate of drug-likeness (QED) is 0.657. The number of amides is 1. The lowest BCUT2D eigenvalue weighted by Gasteiger charge is -2.27. The summed E-state index contributed by atoms with van der Waals surface area (Å²) in [7, 11) is -1.20. The molecule has 0 aromatic carbocycles. The average molecular weight is 338 g/mol. The van der Waals surface area contributed by atoms with Crippen LogP contribution in [-0.2, 0) is 14.6 Å². The van der Waals surface area contributed by atoms with Gasteiger partial charge in [-0.25, -0.2) is 8.42 Å². The summed E-state index contributed by atoms with van der Waals surface area (Å²) in [6, 6.07) is -0.464. The van der Waals surface area contributed by atoms with Crippen LogP contribution in [0.3, 0.4) is 0 Å². The largest absolute Gasteiger partial charge is 0.350 e. The first-order valence-corrected chi connectivity index (χ1v) is 9.64. The molecule has 0 saturated carbocycles. The van der Waals surface area contributed by atoms with Gasteiger partial charge in [-0.05, 0) is 38.9 Å². The third-order valence-electron chi connectivity index (χ3n) is 4.01. The number of hydrogen-bond donors (Lipinski definition) is 2. The maximum atomic E-state index is 12.0. The number of piperidine rings is 1. The molecule has 0 aromatic heterocycles. The number of carbonyl (C=O) groups excluding carboxylic acids is 1. The van der Waals surface area contributed by atoms with E-state index in [9.17, 15) is 13.2 Å². The molecule has 0 aromatic rings. The van der Waals surface area contributed by atoms with E-state index < -0.39 is 21.3 Å². The van der Waals surface area contributed by atoms with Gasteiger partial charge in [-0.2, -0.15) is 0 Å². The zero-order chi connectivity index (χ0) is 15.5. The molecular formula is C13H24ClN3O3S. The standard InChI is InChI=1S/C13H24ClN3O3S/c1-17(6-10-3-2-4-15-5-10)7-13(18)16-12-9-21(19,20)8-11(12)14/h10-12,15H,2-9H2,1H3,(H,16,18). The lowest BCUT2D eigenvalue weighted by atomic mass is 9.99. The Bertz CT molecular complexity index is 465. The normalized spacial score (nSPS) is 32.2. The highest BCUT2D eigenvalue weighted by atomic mass is 35.5. The van der Waals surface area contributed by atoms with Crippen molar-refractivity contribution in [3.63, 3.8) is 0 Å². The molecule has 1 amide bonds. The fraction of sp³-hybridized carbons (Fsp3) is 0.923. The molecule has 0 radical (unpaired) electrons. The van der Waals surface area contributed by atoms with Crippen LogP contribution in [0, 0.1) is 5.92 Å². The minimum Gasteiger partial charge on any atom is -0.350 e. The van der Waals surface area contributed by atoms with Crippen LogP contribution < -0.4 is 10.6 Å². The Hall–Kier alpha value is -0.370. The van der Waals surface area contributed by atoms with Gasteiger partial charge in [0, 0.05) is 6.54 Å². The van der Waals surface area contributed by atoms with Crippen LogP contribution in [0.2, 0.25) is 0 Å². The van der Waals surface area contributed by atoms with Gasteiger partial charge < -0.3 is 10.6 Å². The van der Waals surface area contributed by atoms with Crippen LogP contribution in [0.15, 0.2) is 0 Å². The summed E-state index contributed by atoms with van der Waals surface area (Å²) in [5.41, 5.74) is 0. The van der Waals surface area contributed by atoms with Crippen molar-refractivity contribution in [2.75, 3.05) is 44.7 Å². The fourth-order valence-corrected chi connectivity index (χ4v) is 5.57. The van der Waals surface area contributed by atoms with E-state index in [-0.39, 0.29) is 24.0 Å². The van der Waals surface area contributed by atoms with Gasteiger partial charge in [0.15, 0.2) is 9.84 Å². The summed E-state index contributed by atoms with van der Waals surface area (Å²) in [5.74, 6) is 0.310. The van der Waals surface area contributed by atoms with Crippen molar-refractivity contribution in [3.05, 3.63) is 0 Å². The molecule has 2 saturated heterocycles. The molecule has 2 aliphatic rings. The summed E-state index contributed by atoms with van der Waals surface area (Å²) in [6.07, 6.45) is 2.36. The Morgan fingerprint density at radius 3 is 2.76 bits per heavy atom. The van der Waals surface area contributed by atoms with Gasteiger partial charge in [-0.3, -0.25) is 9.69 Å². The highest BCUT2D eigenvalue weighted by molar-refractivity contribution is 7.91. The van der Waals surface area contributed by atoms with Gasteiger partial charge in [0.2, 0.25) is 5.91 Å². The Balaban J connectivity index is 1.73. The first-order valence-electron chi connectivity index (χ1n) is 7.39. The predicted octanol–water partition coefficient (Wildman–Crippen LogP) is -0.562. The second-order valence-corrected chi connectivity index (χ2v) is 8.89. The number of halogens is 1. The smallest absolute Gasteiger partial charge is 0.234 e. The number of rotatable bonds is 5. The number of nitrogens with zero attached hydrogens (tertiary/aromatic N) is 1. The van der Waals surface area contributed by atoms with Crippen LogP contribution in [0.25, 0.3) is 0 Å². The number of hydrogen-bond acceptors (Lipinski definition) is 5. The van der Waals surface area contributed by atoms with Crippen LogP contribution in [-0.4, -0.2) is 75.4 Å². The molecule has 122 valence electrons. The number of nitrogens with one attached hydrogen (secondary N) is 2. The topological polar surface area (TPSA) is 78.5 Å². The van der Waals surface area contributed by atoms with E-state index in [1.807, 2.05) is 11.9 Å². The summed E-state index contributed by atoms with van der Waals surface area (Å²) in [5, 5.41) is 5.58. The predicted molar refractivity (Wildman–Crippen MR) is 83.3 cm³/mol. The van der Waals surface area contributed by atoms with Gasteiger partial charge in [-0.15, -0.1) is 11.6 Å². The van der Waals surface area contributed by atoms with Crippen molar-refractivity contribution in [2.45, 2.75) is 24.3 Å². The molecule has 21 heavy (non-hydrogen) atoms. The average Bonchev–Trinajstić information content (AvgIpc) is 2.62.